The number of aromatic nitrogens is 2. The Morgan fingerprint density at radius 3 is 1.68 bits per heavy atom. The van der Waals surface area contributed by atoms with E-state index in [4.69, 9.17) is 4.99 Å². The third-order valence-corrected chi connectivity index (χ3v) is 13.3. The van der Waals surface area contributed by atoms with Crippen LogP contribution in [0.4, 0.5) is 0 Å². The molecule has 0 saturated heterocycles. The number of para-hydroxylation sites is 3. The molecule has 2 unspecified atom stereocenters. The molecule has 0 spiro atoms. The van der Waals surface area contributed by atoms with Gasteiger partial charge in [-0.05, 0) is 130 Å². The fourth-order valence-corrected chi connectivity index (χ4v) is 10.3. The van der Waals surface area contributed by atoms with E-state index in [0.29, 0.717) is 5.92 Å². The first-order chi connectivity index (χ1) is 31.1. The van der Waals surface area contributed by atoms with Gasteiger partial charge in [-0.3, -0.25) is 4.99 Å². The topological polar surface area (TPSA) is 22.2 Å². The van der Waals surface area contributed by atoms with Gasteiger partial charge in [0.05, 0.1) is 28.3 Å². The van der Waals surface area contributed by atoms with E-state index in [1.54, 1.807) is 0 Å². The van der Waals surface area contributed by atoms with Crippen LogP contribution in [0.1, 0.15) is 59.7 Å². The third-order valence-electron chi connectivity index (χ3n) is 13.3. The maximum absolute atomic E-state index is 5.57. The fraction of sp³-hybridized carbons (Fsp3) is 0.0833. The highest BCUT2D eigenvalue weighted by Crippen LogP contribution is 2.41. The number of aliphatic imine (C=N–C) groups is 1. The number of nitrogens with zero attached hydrogens (tertiary/aromatic N) is 3. The molecule has 12 rings (SSSR count). The summed E-state index contributed by atoms with van der Waals surface area (Å²) in [5.74, 6) is 0.482. The van der Waals surface area contributed by atoms with Crippen molar-refractivity contribution in [2.75, 3.05) is 0 Å². The quantitative estimate of drug-likeness (QED) is 0.153. The van der Waals surface area contributed by atoms with E-state index >= 15 is 0 Å². The predicted molar refractivity (Wildman–Crippen MR) is 265 cm³/mol. The maximum atomic E-state index is 5.57. The van der Waals surface area contributed by atoms with Gasteiger partial charge in [-0.1, -0.05) is 159 Å². The second-order valence-electron chi connectivity index (χ2n) is 17.1. The number of fused-ring (bicyclic) bond motifs is 6. The number of allylic oxidation sites excluding steroid dienone is 2. The molecule has 2 atom stereocenters. The molecule has 63 heavy (non-hydrogen) atoms. The van der Waals surface area contributed by atoms with E-state index in [0.717, 1.165) is 29.8 Å². The number of hydrogen-bond acceptors (Lipinski definition) is 1. The van der Waals surface area contributed by atoms with Crippen LogP contribution in [-0.2, 0) is 0 Å². The summed E-state index contributed by atoms with van der Waals surface area (Å²) >= 11 is 0. The van der Waals surface area contributed by atoms with Crippen LogP contribution in [0.2, 0.25) is 0 Å². The lowest BCUT2D eigenvalue weighted by molar-refractivity contribution is 0.748. The highest BCUT2D eigenvalue weighted by Gasteiger charge is 2.24. The molecule has 3 nitrogen and oxygen atoms in total. The summed E-state index contributed by atoms with van der Waals surface area (Å²) in [7, 11) is 0. The molecule has 8 aromatic carbocycles. The Kier molecular flexibility index (Phi) is 9.00. The molecule has 10 aromatic rings. The highest BCUT2D eigenvalue weighted by atomic mass is 15.0. The minimum Gasteiger partial charge on any atom is -0.310 e. The van der Waals surface area contributed by atoms with Gasteiger partial charge in [0.15, 0.2) is 0 Å². The summed E-state index contributed by atoms with van der Waals surface area (Å²) in [6.45, 7) is 2.35. The molecule has 0 radical (unpaired) electrons. The minimum absolute atomic E-state index is 0.0451. The van der Waals surface area contributed by atoms with E-state index < -0.39 is 0 Å². The van der Waals surface area contributed by atoms with Crippen molar-refractivity contribution in [2.45, 2.75) is 31.7 Å². The summed E-state index contributed by atoms with van der Waals surface area (Å²) < 4.78 is 4.84. The maximum Gasteiger partial charge on any atom is 0.0797 e. The highest BCUT2D eigenvalue weighted by molar-refractivity contribution is 6.14. The van der Waals surface area contributed by atoms with Crippen molar-refractivity contribution in [3.8, 4) is 33.6 Å². The standard InChI is InChI=1S/C60H45N3/c1-40-16-11-33-59-60(40)53-29-7-10-32-58(53)63(59)50-26-15-22-45(37-50)43-20-13-24-47(35-43)55-39-48(41-17-3-2-4-18-41)38-54(61-55)46-23-12-19-42(34-46)44-21-14-25-49(36-44)62-56-30-8-5-27-51(56)52-28-6-9-31-57(52)62/h2-15,17-37,39-40,54H,16,38H2,1H3. The Bertz CT molecular complexity index is 3430. The van der Waals surface area contributed by atoms with Gasteiger partial charge in [-0.15, -0.1) is 0 Å². The van der Waals surface area contributed by atoms with Crippen molar-refractivity contribution in [2.24, 2.45) is 4.99 Å². The molecule has 3 heteroatoms. The third kappa shape index (κ3) is 6.47. The smallest absolute Gasteiger partial charge is 0.0797 e. The van der Waals surface area contributed by atoms with Gasteiger partial charge < -0.3 is 9.13 Å². The molecule has 0 bridgehead atoms. The van der Waals surface area contributed by atoms with E-state index in [9.17, 15) is 0 Å². The van der Waals surface area contributed by atoms with Crippen LogP contribution in [-0.4, -0.2) is 14.8 Å². The largest absolute Gasteiger partial charge is 0.310 e. The van der Waals surface area contributed by atoms with Crippen LogP contribution >= 0.6 is 0 Å². The first-order valence-corrected chi connectivity index (χ1v) is 22.2. The lowest BCUT2D eigenvalue weighted by Gasteiger charge is -2.23. The molecule has 2 aromatic heterocycles. The Balaban J connectivity index is 0.917. The van der Waals surface area contributed by atoms with Crippen molar-refractivity contribution in [1.82, 2.24) is 9.13 Å². The van der Waals surface area contributed by atoms with E-state index in [-0.39, 0.29) is 6.04 Å². The molecule has 3 heterocycles. The van der Waals surface area contributed by atoms with Gasteiger partial charge in [-0.25, -0.2) is 0 Å². The zero-order valence-electron chi connectivity index (χ0n) is 35.2. The molecule has 0 N–H and O–H groups in total. The summed E-state index contributed by atoms with van der Waals surface area (Å²) in [4.78, 5) is 5.57. The fourth-order valence-electron chi connectivity index (χ4n) is 10.3. The minimum atomic E-state index is -0.0451. The molecule has 0 saturated carbocycles. The van der Waals surface area contributed by atoms with Gasteiger partial charge in [0.25, 0.3) is 0 Å². The summed E-state index contributed by atoms with van der Waals surface area (Å²) in [6.07, 6.45) is 8.85. The number of hydrogen-bond donors (Lipinski definition) is 0. The van der Waals surface area contributed by atoms with Crippen molar-refractivity contribution in [3.63, 3.8) is 0 Å². The van der Waals surface area contributed by atoms with Gasteiger partial charge in [-0.2, -0.15) is 0 Å². The average molecular weight is 808 g/mol. The zero-order chi connectivity index (χ0) is 41.9. The van der Waals surface area contributed by atoms with E-state index in [2.05, 4.69) is 234 Å². The molecular formula is C60H45N3. The Morgan fingerprint density at radius 2 is 0.984 bits per heavy atom. The number of dihydropyridines is 1. The monoisotopic (exact) mass is 807 g/mol. The van der Waals surface area contributed by atoms with Crippen molar-refractivity contribution in [1.29, 1.82) is 0 Å². The van der Waals surface area contributed by atoms with Crippen LogP contribution in [0.15, 0.2) is 217 Å². The van der Waals surface area contributed by atoms with Crippen molar-refractivity contribution >= 4 is 50.1 Å². The van der Waals surface area contributed by atoms with Crippen LogP contribution in [0.3, 0.4) is 0 Å². The van der Waals surface area contributed by atoms with Crippen molar-refractivity contribution < 1.29 is 0 Å². The van der Waals surface area contributed by atoms with E-state index in [1.165, 1.54) is 88.6 Å². The predicted octanol–water partition coefficient (Wildman–Crippen LogP) is 15.6. The summed E-state index contributed by atoms with van der Waals surface area (Å²) in [6, 6.07) is 73.0. The number of rotatable bonds is 7. The molecule has 0 fully saturated rings. The normalized spacial score (nSPS) is 16.0. The zero-order valence-corrected chi connectivity index (χ0v) is 35.2. The van der Waals surface area contributed by atoms with Gasteiger partial charge in [0.2, 0.25) is 0 Å². The first-order valence-electron chi connectivity index (χ1n) is 22.2. The van der Waals surface area contributed by atoms with E-state index in [1.807, 2.05) is 0 Å². The molecule has 300 valence electrons. The molecule has 1 aliphatic carbocycles. The van der Waals surface area contributed by atoms with Gasteiger partial charge in [0, 0.05) is 38.8 Å². The summed E-state index contributed by atoms with van der Waals surface area (Å²) in [5.41, 5.74) is 19.4. The number of benzene rings is 8. The molecule has 1 aliphatic heterocycles. The van der Waals surface area contributed by atoms with Crippen LogP contribution in [0.5, 0.6) is 0 Å². The van der Waals surface area contributed by atoms with Crippen LogP contribution < -0.4 is 0 Å². The molecular weight excluding hydrogens is 763 g/mol. The second kappa shape index (κ2) is 15.3. The van der Waals surface area contributed by atoms with Crippen LogP contribution in [0.25, 0.3) is 78.0 Å². The second-order valence-corrected chi connectivity index (χ2v) is 17.1. The Labute approximate surface area is 368 Å². The SMILES string of the molecule is CC1CC=Cc2c1c1ccccc1n2-c1cccc(-c2cccc(C3=NC(c4cccc(-c5cccc(-n6c7ccccc7c7ccccc76)c5)c4)CC(c4ccccc4)=C3)c2)c1. The first kappa shape index (κ1) is 37.0. The molecule has 0 amide bonds. The summed E-state index contributed by atoms with van der Waals surface area (Å²) in [5, 5.41) is 3.88. The molecule has 2 aliphatic rings. The lowest BCUT2D eigenvalue weighted by Crippen LogP contribution is -2.10. The van der Waals surface area contributed by atoms with Crippen molar-refractivity contribution in [3.05, 3.63) is 240 Å². The van der Waals surface area contributed by atoms with Gasteiger partial charge >= 0.3 is 0 Å². The Morgan fingerprint density at radius 1 is 0.460 bits per heavy atom. The van der Waals surface area contributed by atoms with Gasteiger partial charge in [0.1, 0.15) is 0 Å². The Hall–Kier alpha value is -7.75. The lowest BCUT2D eigenvalue weighted by atomic mass is 9.88. The van der Waals surface area contributed by atoms with Crippen LogP contribution in [0, 0.1) is 0 Å². The average Bonchev–Trinajstić information content (AvgIpc) is 3.88.